The van der Waals surface area contributed by atoms with Gasteiger partial charge in [-0.2, -0.15) is 0 Å². The first kappa shape index (κ1) is 19.1. The zero-order valence-electron chi connectivity index (χ0n) is 15.0. The number of hydrogen-bond acceptors (Lipinski definition) is 4. The number of rotatable bonds is 8. The fourth-order valence-corrected chi connectivity index (χ4v) is 3.27. The van der Waals surface area contributed by atoms with E-state index in [0.29, 0.717) is 19.6 Å². The first-order valence-corrected chi connectivity index (χ1v) is 8.61. The molecule has 0 saturated carbocycles. The van der Waals surface area contributed by atoms with Crippen LogP contribution in [0.3, 0.4) is 0 Å². The van der Waals surface area contributed by atoms with Gasteiger partial charge in [-0.3, -0.25) is 0 Å². The Labute approximate surface area is 145 Å². The lowest BCUT2D eigenvalue weighted by Crippen LogP contribution is -2.60. The van der Waals surface area contributed by atoms with Gasteiger partial charge < -0.3 is 19.3 Å². The lowest BCUT2D eigenvalue weighted by Gasteiger charge is -2.51. The van der Waals surface area contributed by atoms with Crippen molar-refractivity contribution in [2.75, 3.05) is 13.7 Å². The molecule has 0 aliphatic carbocycles. The molecule has 0 unspecified atom stereocenters. The van der Waals surface area contributed by atoms with Crippen LogP contribution in [0.5, 0.6) is 0 Å². The van der Waals surface area contributed by atoms with Gasteiger partial charge in [0.05, 0.1) is 12.7 Å². The van der Waals surface area contributed by atoms with Gasteiger partial charge in [-0.05, 0) is 24.8 Å². The zero-order chi connectivity index (χ0) is 17.6. The molecule has 1 aliphatic heterocycles. The maximum absolute atomic E-state index is 10.5. The van der Waals surface area contributed by atoms with E-state index in [2.05, 4.69) is 18.7 Å². The van der Waals surface area contributed by atoms with Crippen molar-refractivity contribution < 1.29 is 19.3 Å². The van der Waals surface area contributed by atoms with Crippen LogP contribution in [0.2, 0.25) is 0 Å². The average molecular weight is 334 g/mol. The zero-order valence-corrected chi connectivity index (χ0v) is 15.0. The molecule has 1 saturated heterocycles. The van der Waals surface area contributed by atoms with Crippen molar-refractivity contribution in [1.82, 2.24) is 0 Å². The quantitative estimate of drug-likeness (QED) is 0.582. The van der Waals surface area contributed by atoms with Crippen LogP contribution in [0.4, 0.5) is 0 Å². The molecular formula is C20H30O4. The SMILES string of the molecule is C=CC(C)(C)[C@]1(OC)O[C@H](CCOCc2ccccc2)CC[C@H]1O. The highest BCUT2D eigenvalue weighted by atomic mass is 16.7. The summed E-state index contributed by atoms with van der Waals surface area (Å²) in [6.07, 6.45) is 3.34. The molecule has 4 nitrogen and oxygen atoms in total. The minimum absolute atomic E-state index is 0.00310. The van der Waals surface area contributed by atoms with E-state index in [1.807, 2.05) is 32.0 Å². The van der Waals surface area contributed by atoms with Crippen LogP contribution in [0.1, 0.15) is 38.7 Å². The molecule has 0 spiro atoms. The lowest BCUT2D eigenvalue weighted by atomic mass is 9.76. The third-order valence-corrected chi connectivity index (χ3v) is 4.95. The predicted octanol–water partition coefficient (Wildman–Crippen LogP) is 3.69. The monoisotopic (exact) mass is 334 g/mol. The van der Waals surface area contributed by atoms with Crippen molar-refractivity contribution in [2.24, 2.45) is 5.41 Å². The summed E-state index contributed by atoms with van der Waals surface area (Å²) >= 11 is 0. The van der Waals surface area contributed by atoms with Gasteiger partial charge in [0, 0.05) is 19.1 Å². The van der Waals surface area contributed by atoms with Crippen LogP contribution < -0.4 is 0 Å². The van der Waals surface area contributed by atoms with E-state index >= 15 is 0 Å². The van der Waals surface area contributed by atoms with Crippen molar-refractivity contribution in [2.45, 2.75) is 57.7 Å². The first-order chi connectivity index (χ1) is 11.4. The van der Waals surface area contributed by atoms with Gasteiger partial charge in [0.2, 0.25) is 5.79 Å². The highest BCUT2D eigenvalue weighted by Gasteiger charge is 2.54. The lowest BCUT2D eigenvalue weighted by molar-refractivity contribution is -0.348. The van der Waals surface area contributed by atoms with Gasteiger partial charge in [0.25, 0.3) is 0 Å². The van der Waals surface area contributed by atoms with Crippen molar-refractivity contribution in [3.8, 4) is 0 Å². The van der Waals surface area contributed by atoms with Crippen molar-refractivity contribution in [3.05, 3.63) is 48.6 Å². The van der Waals surface area contributed by atoms with E-state index in [1.165, 1.54) is 0 Å². The Morgan fingerprint density at radius 2 is 2.04 bits per heavy atom. The summed E-state index contributed by atoms with van der Waals surface area (Å²) in [5.41, 5.74) is 0.668. The van der Waals surface area contributed by atoms with Crippen molar-refractivity contribution in [1.29, 1.82) is 0 Å². The minimum Gasteiger partial charge on any atom is -0.387 e. The Bertz CT molecular complexity index is 514. The van der Waals surface area contributed by atoms with Crippen LogP contribution >= 0.6 is 0 Å². The van der Waals surface area contributed by atoms with Crippen LogP contribution in [0.15, 0.2) is 43.0 Å². The second-order valence-electron chi connectivity index (χ2n) is 6.96. The van der Waals surface area contributed by atoms with E-state index in [0.717, 1.165) is 18.4 Å². The summed E-state index contributed by atoms with van der Waals surface area (Å²) < 4.78 is 17.6. The summed E-state index contributed by atoms with van der Waals surface area (Å²) in [7, 11) is 1.59. The Kier molecular flexibility index (Phi) is 6.58. The Morgan fingerprint density at radius 3 is 2.67 bits per heavy atom. The van der Waals surface area contributed by atoms with Crippen molar-refractivity contribution >= 4 is 0 Å². The third-order valence-electron chi connectivity index (χ3n) is 4.95. The van der Waals surface area contributed by atoms with Crippen LogP contribution in [-0.4, -0.2) is 36.8 Å². The van der Waals surface area contributed by atoms with Gasteiger partial charge in [-0.25, -0.2) is 0 Å². The summed E-state index contributed by atoms with van der Waals surface area (Å²) in [4.78, 5) is 0. The highest BCUT2D eigenvalue weighted by molar-refractivity contribution is 5.13. The molecule has 0 amide bonds. The molecule has 24 heavy (non-hydrogen) atoms. The van der Waals surface area contributed by atoms with Gasteiger partial charge in [0.1, 0.15) is 6.10 Å². The average Bonchev–Trinajstić information content (AvgIpc) is 2.60. The van der Waals surface area contributed by atoms with E-state index in [4.69, 9.17) is 14.2 Å². The predicted molar refractivity (Wildman–Crippen MR) is 94.5 cm³/mol. The molecule has 2 rings (SSSR count). The standard InChI is InChI=1S/C20H30O4/c1-5-19(2,3)20(22-4)18(21)12-11-17(24-20)13-14-23-15-16-9-7-6-8-10-16/h5-10,17-18,21H,1,11-15H2,2-4H3/t17-,18+,20+/m0/s1. The van der Waals surface area contributed by atoms with Crippen molar-refractivity contribution in [3.63, 3.8) is 0 Å². The number of methoxy groups -OCH3 is 1. The maximum atomic E-state index is 10.5. The molecule has 3 atom stereocenters. The van der Waals surface area contributed by atoms with E-state index in [9.17, 15) is 5.11 Å². The highest BCUT2D eigenvalue weighted by Crippen LogP contribution is 2.44. The van der Waals surface area contributed by atoms with E-state index < -0.39 is 17.3 Å². The van der Waals surface area contributed by atoms with Crippen LogP contribution in [0.25, 0.3) is 0 Å². The molecule has 1 aromatic carbocycles. The molecule has 1 aliphatic rings. The Balaban J connectivity index is 1.89. The van der Waals surface area contributed by atoms with Crippen LogP contribution in [0, 0.1) is 5.41 Å². The molecular weight excluding hydrogens is 304 g/mol. The fourth-order valence-electron chi connectivity index (χ4n) is 3.27. The minimum atomic E-state index is -1.06. The first-order valence-electron chi connectivity index (χ1n) is 8.61. The number of benzene rings is 1. The van der Waals surface area contributed by atoms with E-state index in [-0.39, 0.29) is 6.10 Å². The van der Waals surface area contributed by atoms with Gasteiger partial charge in [-0.1, -0.05) is 50.3 Å². The number of ether oxygens (including phenoxy) is 3. The summed E-state index contributed by atoms with van der Waals surface area (Å²) in [6, 6.07) is 10.1. The Morgan fingerprint density at radius 1 is 1.33 bits per heavy atom. The maximum Gasteiger partial charge on any atom is 0.203 e. The third kappa shape index (κ3) is 4.06. The molecule has 1 aromatic rings. The smallest absolute Gasteiger partial charge is 0.203 e. The summed E-state index contributed by atoms with van der Waals surface area (Å²) in [5.74, 6) is -1.06. The largest absolute Gasteiger partial charge is 0.387 e. The molecule has 4 heteroatoms. The second-order valence-corrected chi connectivity index (χ2v) is 6.96. The van der Waals surface area contributed by atoms with Gasteiger partial charge in [-0.15, -0.1) is 6.58 Å². The molecule has 1 heterocycles. The van der Waals surface area contributed by atoms with Gasteiger partial charge in [0.15, 0.2) is 0 Å². The molecule has 0 bridgehead atoms. The van der Waals surface area contributed by atoms with E-state index in [1.54, 1.807) is 13.2 Å². The fraction of sp³-hybridized carbons (Fsp3) is 0.600. The topological polar surface area (TPSA) is 47.9 Å². The van der Waals surface area contributed by atoms with Gasteiger partial charge >= 0.3 is 0 Å². The molecule has 1 N–H and O–H groups in total. The number of aliphatic hydroxyl groups is 1. The molecule has 134 valence electrons. The second kappa shape index (κ2) is 8.26. The molecule has 0 aromatic heterocycles. The number of hydrogen-bond donors (Lipinski definition) is 1. The summed E-state index contributed by atoms with van der Waals surface area (Å²) in [5, 5.41) is 10.5. The normalized spacial score (nSPS) is 27.8. The number of aliphatic hydroxyl groups excluding tert-OH is 1. The molecule has 0 radical (unpaired) electrons. The summed E-state index contributed by atoms with van der Waals surface area (Å²) in [6.45, 7) is 9.04. The van der Waals surface area contributed by atoms with Crippen LogP contribution in [-0.2, 0) is 20.8 Å². The molecule has 1 fully saturated rings. The Hall–Kier alpha value is -1.20.